The summed E-state index contributed by atoms with van der Waals surface area (Å²) in [6, 6.07) is 26.2. The molecule has 0 spiro atoms. The first-order chi connectivity index (χ1) is 19.1. The maximum atomic E-state index is 13.7. The van der Waals surface area contributed by atoms with E-state index in [0.717, 1.165) is 34.2 Å². The second-order valence-electron chi connectivity index (χ2n) is 9.59. The number of carboxylic acid groups (broad SMARTS) is 1. The van der Waals surface area contributed by atoms with E-state index in [9.17, 15) is 22.8 Å². The fourth-order valence-electron chi connectivity index (χ4n) is 4.72. The predicted octanol–water partition coefficient (Wildman–Crippen LogP) is 7.56. The third-order valence-corrected chi connectivity index (χ3v) is 6.85. The molecular formula is C32H25F3N2O3. The molecule has 0 saturated heterocycles. The molecule has 8 heteroatoms. The summed E-state index contributed by atoms with van der Waals surface area (Å²) in [5.41, 5.74) is 3.71. The highest BCUT2D eigenvalue weighted by atomic mass is 19.4. The Bertz CT molecular complexity index is 1670. The van der Waals surface area contributed by atoms with Crippen LogP contribution in [-0.4, -0.2) is 21.6 Å². The summed E-state index contributed by atoms with van der Waals surface area (Å²) >= 11 is 0. The molecule has 1 aromatic heterocycles. The zero-order chi connectivity index (χ0) is 28.4. The van der Waals surface area contributed by atoms with Gasteiger partial charge in [-0.3, -0.25) is 4.79 Å². The van der Waals surface area contributed by atoms with Gasteiger partial charge < -0.3 is 15.0 Å². The normalized spacial score (nSPS) is 12.3. The van der Waals surface area contributed by atoms with Crippen LogP contribution in [0.4, 0.5) is 13.2 Å². The number of amides is 1. The van der Waals surface area contributed by atoms with Crippen molar-refractivity contribution in [3.05, 3.63) is 131 Å². The van der Waals surface area contributed by atoms with Gasteiger partial charge in [0.25, 0.3) is 5.91 Å². The largest absolute Gasteiger partial charge is 0.478 e. The molecule has 1 atom stereocenters. The van der Waals surface area contributed by atoms with Crippen molar-refractivity contribution in [2.45, 2.75) is 25.7 Å². The van der Waals surface area contributed by atoms with E-state index in [1.165, 1.54) is 24.3 Å². The summed E-state index contributed by atoms with van der Waals surface area (Å²) in [4.78, 5) is 24.9. The van der Waals surface area contributed by atoms with Crippen LogP contribution >= 0.6 is 0 Å². The lowest BCUT2D eigenvalue weighted by Gasteiger charge is -2.17. The van der Waals surface area contributed by atoms with E-state index in [1.807, 2.05) is 66.2 Å². The molecule has 0 aliphatic carbocycles. The van der Waals surface area contributed by atoms with Gasteiger partial charge in [-0.1, -0.05) is 54.6 Å². The highest BCUT2D eigenvalue weighted by molar-refractivity contribution is 6.08. The van der Waals surface area contributed by atoms with Crippen molar-refractivity contribution < 1.29 is 27.9 Å². The van der Waals surface area contributed by atoms with Crippen molar-refractivity contribution in [1.29, 1.82) is 0 Å². The molecule has 5 aromatic rings. The monoisotopic (exact) mass is 542 g/mol. The number of alkyl halides is 3. The summed E-state index contributed by atoms with van der Waals surface area (Å²) in [5, 5.41) is 13.0. The minimum Gasteiger partial charge on any atom is -0.478 e. The molecule has 5 nitrogen and oxygen atoms in total. The number of aromatic carboxylic acids is 1. The summed E-state index contributed by atoms with van der Waals surface area (Å²) in [5.74, 6) is -1.36. The zero-order valence-electron chi connectivity index (χ0n) is 21.4. The lowest BCUT2D eigenvalue weighted by atomic mass is 9.99. The second-order valence-corrected chi connectivity index (χ2v) is 9.59. The summed E-state index contributed by atoms with van der Waals surface area (Å²) < 4.78 is 40.9. The van der Waals surface area contributed by atoms with Gasteiger partial charge in [0.1, 0.15) is 0 Å². The maximum Gasteiger partial charge on any atom is 0.416 e. The SMILES string of the molecule is C[C@@H](NC(=O)c1cc(-c2ccccc2)cc2ccn(Cc3ccc(C(F)(F)F)cc3)c12)c1ccc(C(=O)O)cc1. The Morgan fingerprint density at radius 1 is 0.875 bits per heavy atom. The summed E-state index contributed by atoms with van der Waals surface area (Å²) in [6.45, 7) is 2.09. The molecule has 0 aliphatic rings. The van der Waals surface area contributed by atoms with E-state index >= 15 is 0 Å². The number of nitrogens with zero attached hydrogens (tertiary/aromatic N) is 1. The van der Waals surface area contributed by atoms with E-state index in [0.29, 0.717) is 16.6 Å². The minimum absolute atomic E-state index is 0.153. The number of carbonyl (C=O) groups excluding carboxylic acids is 1. The standard InChI is InChI=1S/C32H25F3N2O3/c1-20(22-9-11-24(12-10-22)31(39)40)36-30(38)28-18-26(23-5-3-2-4-6-23)17-25-15-16-37(29(25)28)19-21-7-13-27(14-8-21)32(33,34)35/h2-18,20H,19H2,1H3,(H,36,38)(H,39,40)/t20-/m1/s1. The number of fused-ring (bicyclic) bond motifs is 1. The van der Waals surface area contributed by atoms with Crippen molar-refractivity contribution in [3.8, 4) is 11.1 Å². The van der Waals surface area contributed by atoms with Gasteiger partial charge in [-0.05, 0) is 71.6 Å². The minimum atomic E-state index is -4.41. The van der Waals surface area contributed by atoms with Crippen LogP contribution < -0.4 is 5.32 Å². The zero-order valence-corrected chi connectivity index (χ0v) is 21.4. The molecule has 1 amide bonds. The predicted molar refractivity (Wildman–Crippen MR) is 147 cm³/mol. The van der Waals surface area contributed by atoms with E-state index < -0.39 is 23.8 Å². The molecule has 2 N–H and O–H groups in total. The van der Waals surface area contributed by atoms with E-state index in [1.54, 1.807) is 12.1 Å². The second kappa shape index (κ2) is 10.7. The highest BCUT2D eigenvalue weighted by Gasteiger charge is 2.30. The van der Waals surface area contributed by atoms with Gasteiger partial charge in [0, 0.05) is 18.1 Å². The average Bonchev–Trinajstić information content (AvgIpc) is 3.35. The molecule has 1 heterocycles. The molecule has 40 heavy (non-hydrogen) atoms. The van der Waals surface area contributed by atoms with Gasteiger partial charge in [-0.2, -0.15) is 13.2 Å². The molecule has 0 aliphatic heterocycles. The molecule has 0 saturated carbocycles. The number of hydrogen-bond donors (Lipinski definition) is 2. The van der Waals surface area contributed by atoms with Crippen LogP contribution in [-0.2, 0) is 12.7 Å². The van der Waals surface area contributed by atoms with Crippen molar-refractivity contribution >= 4 is 22.8 Å². The lowest BCUT2D eigenvalue weighted by molar-refractivity contribution is -0.137. The number of carbonyl (C=O) groups is 2. The van der Waals surface area contributed by atoms with Crippen molar-refractivity contribution in [1.82, 2.24) is 9.88 Å². The van der Waals surface area contributed by atoms with Crippen LogP contribution in [0.3, 0.4) is 0 Å². The highest BCUT2D eigenvalue weighted by Crippen LogP contribution is 2.31. The van der Waals surface area contributed by atoms with Crippen LogP contribution in [0, 0.1) is 0 Å². The van der Waals surface area contributed by atoms with Gasteiger partial charge in [0.2, 0.25) is 0 Å². The Morgan fingerprint density at radius 2 is 1.55 bits per heavy atom. The first-order valence-corrected chi connectivity index (χ1v) is 12.6. The van der Waals surface area contributed by atoms with Crippen LogP contribution in [0.1, 0.15) is 50.4 Å². The van der Waals surface area contributed by atoms with Crippen LogP contribution in [0.25, 0.3) is 22.0 Å². The molecule has 0 bridgehead atoms. The number of hydrogen-bond acceptors (Lipinski definition) is 2. The Morgan fingerprint density at radius 3 is 2.17 bits per heavy atom. The van der Waals surface area contributed by atoms with E-state index in [2.05, 4.69) is 5.32 Å². The molecule has 0 radical (unpaired) electrons. The van der Waals surface area contributed by atoms with Gasteiger partial charge in [0.15, 0.2) is 0 Å². The number of nitrogens with one attached hydrogen (secondary N) is 1. The Labute approximate surface area is 228 Å². The van der Waals surface area contributed by atoms with Gasteiger partial charge in [-0.25, -0.2) is 4.79 Å². The molecule has 5 rings (SSSR count). The van der Waals surface area contributed by atoms with Crippen LogP contribution in [0.15, 0.2) is 103 Å². The molecule has 0 unspecified atom stereocenters. The lowest BCUT2D eigenvalue weighted by Crippen LogP contribution is -2.27. The number of rotatable bonds is 7. The molecule has 4 aromatic carbocycles. The summed E-state index contributed by atoms with van der Waals surface area (Å²) in [6.07, 6.45) is -2.59. The maximum absolute atomic E-state index is 13.7. The average molecular weight is 543 g/mol. The van der Waals surface area contributed by atoms with E-state index in [4.69, 9.17) is 5.11 Å². The van der Waals surface area contributed by atoms with Crippen molar-refractivity contribution in [2.75, 3.05) is 0 Å². The van der Waals surface area contributed by atoms with E-state index in [-0.39, 0.29) is 18.0 Å². The summed E-state index contributed by atoms with van der Waals surface area (Å²) in [7, 11) is 0. The number of aromatic nitrogens is 1. The topological polar surface area (TPSA) is 71.3 Å². The van der Waals surface area contributed by atoms with Crippen molar-refractivity contribution in [3.63, 3.8) is 0 Å². The third-order valence-electron chi connectivity index (χ3n) is 6.85. The first-order valence-electron chi connectivity index (χ1n) is 12.6. The number of carboxylic acids is 1. The number of benzene rings is 4. The quantitative estimate of drug-likeness (QED) is 0.223. The van der Waals surface area contributed by atoms with Gasteiger partial charge >= 0.3 is 12.1 Å². The third kappa shape index (κ3) is 5.61. The van der Waals surface area contributed by atoms with Crippen LogP contribution in [0.2, 0.25) is 0 Å². The molecular weight excluding hydrogens is 517 g/mol. The smallest absolute Gasteiger partial charge is 0.416 e. The Balaban J connectivity index is 1.52. The van der Waals surface area contributed by atoms with Gasteiger partial charge in [0.05, 0.1) is 28.2 Å². The fourth-order valence-corrected chi connectivity index (χ4v) is 4.72. The Hall–Kier alpha value is -4.85. The Kier molecular flexibility index (Phi) is 7.17. The van der Waals surface area contributed by atoms with Crippen LogP contribution in [0.5, 0.6) is 0 Å². The van der Waals surface area contributed by atoms with Gasteiger partial charge in [-0.15, -0.1) is 0 Å². The number of halogens is 3. The molecule has 202 valence electrons. The molecule has 0 fully saturated rings. The van der Waals surface area contributed by atoms with Crippen molar-refractivity contribution in [2.24, 2.45) is 0 Å². The first kappa shape index (κ1) is 26.7. The fraction of sp³-hybridized carbons (Fsp3) is 0.125.